The molecule has 1 fully saturated rings. The molecule has 3 aromatic rings. The van der Waals surface area contributed by atoms with Gasteiger partial charge in [-0.25, -0.2) is 22.2 Å². The molecule has 3 heterocycles. The van der Waals surface area contributed by atoms with Crippen LogP contribution in [0.25, 0.3) is 11.1 Å². The molecule has 47 heavy (non-hydrogen) atoms. The van der Waals surface area contributed by atoms with Crippen LogP contribution < -0.4 is 19.1 Å². The maximum Gasteiger partial charge on any atom is 0.274 e. The lowest BCUT2D eigenvalue weighted by atomic mass is 9.96. The maximum absolute atomic E-state index is 15.5. The van der Waals surface area contributed by atoms with Crippen LogP contribution in [0.5, 0.6) is 11.6 Å². The van der Waals surface area contributed by atoms with Crippen molar-refractivity contribution >= 4 is 45.0 Å². The van der Waals surface area contributed by atoms with E-state index < -0.39 is 45.2 Å². The average molecular weight is 691 g/mol. The van der Waals surface area contributed by atoms with Crippen molar-refractivity contribution in [3.63, 3.8) is 0 Å². The van der Waals surface area contributed by atoms with Crippen molar-refractivity contribution in [3.05, 3.63) is 70.9 Å². The van der Waals surface area contributed by atoms with Crippen LogP contribution in [0.4, 0.5) is 14.5 Å². The van der Waals surface area contributed by atoms with Crippen LogP contribution in [0, 0.1) is 11.6 Å². The van der Waals surface area contributed by atoms with Gasteiger partial charge in [0.2, 0.25) is 15.9 Å². The number of anilines is 1. The first-order chi connectivity index (χ1) is 22.1. The lowest BCUT2D eigenvalue weighted by Crippen LogP contribution is -2.58. The van der Waals surface area contributed by atoms with Gasteiger partial charge in [-0.2, -0.15) is 0 Å². The number of amides is 3. The van der Waals surface area contributed by atoms with E-state index in [1.54, 1.807) is 31.7 Å². The van der Waals surface area contributed by atoms with Gasteiger partial charge in [0.25, 0.3) is 17.7 Å². The third-order valence-corrected chi connectivity index (χ3v) is 8.71. The summed E-state index contributed by atoms with van der Waals surface area (Å²) in [6.45, 7) is 5.40. The molecule has 0 bridgehead atoms. The van der Waals surface area contributed by atoms with E-state index in [1.165, 1.54) is 29.3 Å². The van der Waals surface area contributed by atoms with Crippen molar-refractivity contribution < 1.29 is 41.1 Å². The van der Waals surface area contributed by atoms with Gasteiger partial charge >= 0.3 is 0 Å². The summed E-state index contributed by atoms with van der Waals surface area (Å²) in [5, 5.41) is 0.343. The van der Waals surface area contributed by atoms with E-state index in [9.17, 15) is 27.2 Å². The van der Waals surface area contributed by atoms with Crippen molar-refractivity contribution in [2.75, 3.05) is 24.2 Å². The van der Waals surface area contributed by atoms with Gasteiger partial charge in [0.15, 0.2) is 11.7 Å². The first-order valence-corrected chi connectivity index (χ1v) is 17.1. The number of likely N-dealkylation sites (tertiary alicyclic amines) is 1. The smallest absolute Gasteiger partial charge is 0.274 e. The van der Waals surface area contributed by atoms with E-state index in [4.69, 9.17) is 21.1 Å². The number of pyridine rings is 1. The molecule has 0 saturated carbocycles. The number of benzene rings is 2. The predicted octanol–water partition coefficient (Wildman–Crippen LogP) is 4.72. The molecular weight excluding hydrogens is 658 g/mol. The first-order valence-electron chi connectivity index (χ1n) is 14.8. The molecule has 1 aromatic heterocycles. The van der Waals surface area contributed by atoms with Crippen molar-refractivity contribution in [2.24, 2.45) is 0 Å². The zero-order valence-corrected chi connectivity index (χ0v) is 27.6. The number of rotatable bonds is 8. The minimum absolute atomic E-state index is 0.0151. The van der Waals surface area contributed by atoms with Crippen LogP contribution in [0.15, 0.2) is 48.7 Å². The van der Waals surface area contributed by atoms with Crippen molar-refractivity contribution in [1.82, 2.24) is 14.6 Å². The molecule has 1 atom stereocenters. The number of carbonyl (C=O) groups is 3. The number of halogens is 3. The third-order valence-electron chi connectivity index (χ3n) is 7.93. The molecule has 1 N–H and O–H groups in total. The lowest BCUT2D eigenvalue weighted by Gasteiger charge is -2.44. The van der Waals surface area contributed by atoms with Gasteiger partial charge in [0, 0.05) is 30.9 Å². The summed E-state index contributed by atoms with van der Waals surface area (Å²) in [7, 11) is -3.85. The Kier molecular flexibility index (Phi) is 9.47. The Hall–Kier alpha value is -4.30. The monoisotopic (exact) mass is 690 g/mol. The molecule has 2 aliphatic heterocycles. The van der Waals surface area contributed by atoms with Crippen LogP contribution in [-0.2, 0) is 19.6 Å². The molecule has 250 valence electrons. The second-order valence-corrected chi connectivity index (χ2v) is 14.1. The second kappa shape index (κ2) is 13.1. The summed E-state index contributed by atoms with van der Waals surface area (Å²) in [5.74, 6) is -2.94. The molecule has 1 saturated heterocycles. The molecule has 0 radical (unpaired) electrons. The molecule has 15 heteroatoms. The molecule has 11 nitrogen and oxygen atoms in total. The largest absolute Gasteiger partial charge is 0.480 e. The zero-order chi connectivity index (χ0) is 34.3. The van der Waals surface area contributed by atoms with Gasteiger partial charge in [0.05, 0.1) is 16.8 Å². The Morgan fingerprint density at radius 2 is 1.85 bits per heavy atom. The SMILES string of the molecule is CC[C@@H](Oc1ccc(F)cc1-c1ccc(C(=O)N2CCC(N3C(=O)C(C)(C)Oc4ncc(Cl)cc43)CC2)c(F)c1)C(=O)NS(C)(=O)=O. The van der Waals surface area contributed by atoms with E-state index in [0.717, 1.165) is 24.5 Å². The summed E-state index contributed by atoms with van der Waals surface area (Å²) < 4.78 is 66.3. The molecule has 0 spiro atoms. The van der Waals surface area contributed by atoms with Crippen molar-refractivity contribution in [1.29, 1.82) is 0 Å². The third kappa shape index (κ3) is 7.33. The fraction of sp³-hybridized carbons (Fsp3) is 0.375. The highest BCUT2D eigenvalue weighted by Gasteiger charge is 2.45. The summed E-state index contributed by atoms with van der Waals surface area (Å²) in [6.07, 6.45) is 1.95. The quantitative estimate of drug-likeness (QED) is 0.359. The fourth-order valence-electron chi connectivity index (χ4n) is 5.62. The number of ether oxygens (including phenoxy) is 2. The number of hydrogen-bond acceptors (Lipinski definition) is 8. The van der Waals surface area contributed by atoms with E-state index in [-0.39, 0.29) is 59.8 Å². The number of hydrogen-bond donors (Lipinski definition) is 1. The number of sulfonamides is 1. The first kappa shape index (κ1) is 34.0. The molecule has 0 aliphatic carbocycles. The molecule has 2 aliphatic rings. The fourth-order valence-corrected chi connectivity index (χ4v) is 6.27. The Bertz CT molecular complexity index is 1850. The lowest BCUT2D eigenvalue weighted by molar-refractivity contribution is -0.133. The Labute approximate surface area is 275 Å². The minimum Gasteiger partial charge on any atom is -0.480 e. The van der Waals surface area contributed by atoms with Crippen molar-refractivity contribution in [2.45, 2.75) is 57.8 Å². The van der Waals surface area contributed by atoms with Gasteiger partial charge in [0.1, 0.15) is 23.1 Å². The molecule has 2 aromatic carbocycles. The highest BCUT2D eigenvalue weighted by atomic mass is 35.5. The van der Waals surface area contributed by atoms with Crippen LogP contribution >= 0.6 is 11.6 Å². The number of aromatic nitrogens is 1. The minimum atomic E-state index is -3.85. The van der Waals surface area contributed by atoms with Gasteiger partial charge in [-0.15, -0.1) is 0 Å². The number of carbonyl (C=O) groups excluding carboxylic acids is 3. The number of nitrogens with zero attached hydrogens (tertiary/aromatic N) is 3. The van der Waals surface area contributed by atoms with Crippen LogP contribution in [-0.4, -0.2) is 73.1 Å². The van der Waals surface area contributed by atoms with E-state index in [2.05, 4.69) is 4.98 Å². The Morgan fingerprint density at radius 3 is 2.49 bits per heavy atom. The number of fused-ring (bicyclic) bond motifs is 1. The zero-order valence-electron chi connectivity index (χ0n) is 26.1. The molecule has 0 unspecified atom stereocenters. The standard InChI is InChI=1S/C32H33ClF2N4O7S/c1-5-26(28(40)37-47(4,43)44)45-27-9-7-20(34)16-23(27)18-6-8-22(24(35)14-18)30(41)38-12-10-21(11-13-38)39-25-15-19(33)17-36-29(25)46-32(2,3)31(39)42/h6-9,14-17,21,26H,5,10-13H2,1-4H3,(H,37,40)/t26-/m1/s1. The van der Waals surface area contributed by atoms with Crippen LogP contribution in [0.1, 0.15) is 50.4 Å². The summed E-state index contributed by atoms with van der Waals surface area (Å²) in [4.78, 5) is 46.6. The molecule has 5 rings (SSSR count). The summed E-state index contributed by atoms with van der Waals surface area (Å²) in [5.41, 5.74) is -0.629. The Morgan fingerprint density at radius 1 is 1.15 bits per heavy atom. The highest BCUT2D eigenvalue weighted by Crippen LogP contribution is 2.40. The maximum atomic E-state index is 15.5. The second-order valence-electron chi connectivity index (χ2n) is 11.9. The predicted molar refractivity (Wildman–Crippen MR) is 170 cm³/mol. The van der Waals surface area contributed by atoms with Gasteiger partial charge in [-0.3, -0.25) is 19.1 Å². The average Bonchev–Trinajstić information content (AvgIpc) is 3.00. The molecular formula is C32H33ClF2N4O7S. The van der Waals surface area contributed by atoms with Crippen LogP contribution in [0.2, 0.25) is 5.02 Å². The Balaban J connectivity index is 1.32. The normalized spacial score (nSPS) is 17.0. The highest BCUT2D eigenvalue weighted by molar-refractivity contribution is 7.89. The number of nitrogens with one attached hydrogen (secondary N) is 1. The van der Waals surface area contributed by atoms with E-state index >= 15 is 4.39 Å². The van der Waals surface area contributed by atoms with E-state index in [1.807, 2.05) is 4.72 Å². The van der Waals surface area contributed by atoms with Gasteiger partial charge in [-0.05, 0) is 75.1 Å². The van der Waals surface area contributed by atoms with Gasteiger partial charge in [-0.1, -0.05) is 24.6 Å². The summed E-state index contributed by atoms with van der Waals surface area (Å²) in [6, 6.07) is 8.57. The number of piperidine rings is 1. The van der Waals surface area contributed by atoms with E-state index in [0.29, 0.717) is 23.6 Å². The summed E-state index contributed by atoms with van der Waals surface area (Å²) >= 11 is 6.17. The van der Waals surface area contributed by atoms with Crippen LogP contribution in [0.3, 0.4) is 0 Å². The van der Waals surface area contributed by atoms with Gasteiger partial charge < -0.3 is 19.3 Å². The molecule has 3 amide bonds. The topological polar surface area (TPSA) is 135 Å². The van der Waals surface area contributed by atoms with Crippen molar-refractivity contribution in [3.8, 4) is 22.8 Å².